The molecule has 0 saturated heterocycles. The van der Waals surface area contributed by atoms with Gasteiger partial charge in [0.15, 0.2) is 0 Å². The summed E-state index contributed by atoms with van der Waals surface area (Å²) in [7, 11) is 0. The lowest BCUT2D eigenvalue weighted by Crippen LogP contribution is -2.27. The van der Waals surface area contributed by atoms with Crippen molar-refractivity contribution in [3.63, 3.8) is 0 Å². The standard InChI is InChI=1S/C17H13N3O2S2/c1-17(2,16(21)22)23-13-8-7-12-15(20-24-19-12)14(13)11-5-3-10(9-18)4-6-11/h3-8H,1-2H3,(H,21,22). The quantitative estimate of drug-likeness (QED) is 0.706. The largest absolute Gasteiger partial charge is 0.480 e. The van der Waals surface area contributed by atoms with E-state index in [0.717, 1.165) is 38.8 Å². The van der Waals surface area contributed by atoms with Crippen LogP contribution in [0.15, 0.2) is 41.3 Å². The second-order valence-corrected chi connectivity index (χ2v) is 7.87. The average Bonchev–Trinajstić information content (AvgIpc) is 3.03. The average molecular weight is 355 g/mol. The molecule has 1 N–H and O–H groups in total. The fourth-order valence-electron chi connectivity index (χ4n) is 2.23. The first-order valence-corrected chi connectivity index (χ1v) is 8.65. The van der Waals surface area contributed by atoms with Gasteiger partial charge in [0.25, 0.3) is 0 Å². The van der Waals surface area contributed by atoms with Gasteiger partial charge in [-0.2, -0.15) is 14.0 Å². The van der Waals surface area contributed by atoms with Crippen molar-refractivity contribution >= 4 is 40.5 Å². The van der Waals surface area contributed by atoms with E-state index in [1.54, 1.807) is 26.0 Å². The van der Waals surface area contributed by atoms with Gasteiger partial charge in [0.2, 0.25) is 0 Å². The molecule has 7 heteroatoms. The van der Waals surface area contributed by atoms with Gasteiger partial charge in [-0.15, -0.1) is 11.8 Å². The van der Waals surface area contributed by atoms with Crippen molar-refractivity contribution in [3.05, 3.63) is 42.0 Å². The Hall–Kier alpha value is -2.43. The van der Waals surface area contributed by atoms with E-state index in [2.05, 4.69) is 14.8 Å². The molecule has 24 heavy (non-hydrogen) atoms. The number of aliphatic carboxylic acids is 1. The molecular formula is C17H13N3O2S2. The smallest absolute Gasteiger partial charge is 0.319 e. The van der Waals surface area contributed by atoms with E-state index in [-0.39, 0.29) is 0 Å². The van der Waals surface area contributed by atoms with Gasteiger partial charge in [0.1, 0.15) is 15.8 Å². The highest BCUT2D eigenvalue weighted by Gasteiger charge is 2.30. The molecule has 0 atom stereocenters. The van der Waals surface area contributed by atoms with Crippen LogP contribution in [0.2, 0.25) is 0 Å². The Morgan fingerprint density at radius 3 is 2.54 bits per heavy atom. The summed E-state index contributed by atoms with van der Waals surface area (Å²) in [5.41, 5.74) is 3.83. The van der Waals surface area contributed by atoms with Crippen LogP contribution in [-0.4, -0.2) is 24.6 Å². The maximum atomic E-state index is 11.5. The Morgan fingerprint density at radius 1 is 1.21 bits per heavy atom. The lowest BCUT2D eigenvalue weighted by Gasteiger charge is -2.20. The van der Waals surface area contributed by atoms with E-state index in [9.17, 15) is 9.90 Å². The van der Waals surface area contributed by atoms with Gasteiger partial charge in [-0.05, 0) is 43.7 Å². The molecule has 0 aliphatic rings. The minimum atomic E-state index is -0.974. The van der Waals surface area contributed by atoms with Crippen molar-refractivity contribution < 1.29 is 9.90 Å². The van der Waals surface area contributed by atoms with Gasteiger partial charge in [-0.1, -0.05) is 12.1 Å². The number of nitrogens with zero attached hydrogens (tertiary/aromatic N) is 3. The lowest BCUT2D eigenvalue weighted by molar-refractivity contribution is -0.138. The first-order valence-electron chi connectivity index (χ1n) is 7.10. The van der Waals surface area contributed by atoms with Gasteiger partial charge in [0, 0.05) is 10.5 Å². The van der Waals surface area contributed by atoms with Crippen LogP contribution >= 0.6 is 23.5 Å². The molecule has 0 radical (unpaired) electrons. The second-order valence-electron chi connectivity index (χ2n) is 5.68. The van der Waals surface area contributed by atoms with Crippen molar-refractivity contribution in [1.29, 1.82) is 5.26 Å². The molecule has 120 valence electrons. The summed E-state index contributed by atoms with van der Waals surface area (Å²) >= 11 is 2.40. The SMILES string of the molecule is CC(C)(Sc1ccc2nsnc2c1-c1ccc(C#N)cc1)C(=O)O. The molecular weight excluding hydrogens is 342 g/mol. The van der Waals surface area contributed by atoms with Gasteiger partial charge >= 0.3 is 5.97 Å². The fraction of sp³-hybridized carbons (Fsp3) is 0.176. The van der Waals surface area contributed by atoms with Crippen molar-refractivity contribution in [3.8, 4) is 17.2 Å². The minimum absolute atomic E-state index is 0.572. The Bertz CT molecular complexity index is 956. The molecule has 1 aromatic heterocycles. The van der Waals surface area contributed by atoms with Crippen LogP contribution in [0.4, 0.5) is 0 Å². The predicted octanol–water partition coefficient (Wildman–Crippen LogP) is 4.19. The molecule has 0 spiro atoms. The Kier molecular flexibility index (Phi) is 4.26. The van der Waals surface area contributed by atoms with Crippen LogP contribution in [0.1, 0.15) is 19.4 Å². The molecule has 3 aromatic rings. The summed E-state index contributed by atoms with van der Waals surface area (Å²) in [6.45, 7) is 3.35. The highest BCUT2D eigenvalue weighted by molar-refractivity contribution is 8.01. The molecule has 0 saturated carbocycles. The van der Waals surface area contributed by atoms with Crippen LogP contribution in [-0.2, 0) is 4.79 Å². The zero-order valence-corrected chi connectivity index (χ0v) is 14.6. The minimum Gasteiger partial charge on any atom is -0.480 e. The number of carbonyl (C=O) groups is 1. The maximum absolute atomic E-state index is 11.5. The Morgan fingerprint density at radius 2 is 1.92 bits per heavy atom. The highest BCUT2D eigenvalue weighted by atomic mass is 32.2. The van der Waals surface area contributed by atoms with E-state index in [1.165, 1.54) is 11.8 Å². The molecule has 0 bridgehead atoms. The van der Waals surface area contributed by atoms with E-state index in [1.807, 2.05) is 24.3 Å². The molecule has 1 heterocycles. The second kappa shape index (κ2) is 6.23. The number of hydrogen-bond acceptors (Lipinski definition) is 6. The number of carboxylic acid groups (broad SMARTS) is 1. The van der Waals surface area contributed by atoms with Crippen molar-refractivity contribution in [1.82, 2.24) is 8.75 Å². The molecule has 0 aliphatic carbocycles. The third kappa shape index (κ3) is 2.98. The van der Waals surface area contributed by atoms with Crippen LogP contribution < -0.4 is 0 Å². The summed E-state index contributed by atoms with van der Waals surface area (Å²) in [6, 6.07) is 13.0. The van der Waals surface area contributed by atoms with Gasteiger partial charge < -0.3 is 5.11 Å². The summed E-state index contributed by atoms with van der Waals surface area (Å²) < 4.78 is 7.67. The molecule has 0 unspecified atom stereocenters. The Balaban J connectivity index is 2.19. The number of thioether (sulfide) groups is 1. The van der Waals surface area contributed by atoms with Gasteiger partial charge in [-0.25, -0.2) is 0 Å². The molecule has 0 fully saturated rings. The summed E-state index contributed by atoms with van der Waals surface area (Å²) in [5, 5.41) is 18.4. The number of hydrogen-bond donors (Lipinski definition) is 1. The molecule has 5 nitrogen and oxygen atoms in total. The van der Waals surface area contributed by atoms with Crippen LogP contribution in [0.5, 0.6) is 0 Å². The molecule has 0 amide bonds. The third-order valence-corrected chi connectivity index (χ3v) is 5.36. The predicted molar refractivity (Wildman–Crippen MR) is 95.1 cm³/mol. The van der Waals surface area contributed by atoms with E-state index < -0.39 is 10.7 Å². The van der Waals surface area contributed by atoms with Crippen molar-refractivity contribution in [2.45, 2.75) is 23.5 Å². The Labute approximate surface area is 147 Å². The van der Waals surface area contributed by atoms with Crippen molar-refractivity contribution in [2.24, 2.45) is 0 Å². The normalized spacial score (nSPS) is 11.4. The zero-order valence-electron chi connectivity index (χ0n) is 13.0. The monoisotopic (exact) mass is 355 g/mol. The summed E-state index contributed by atoms with van der Waals surface area (Å²) in [5.74, 6) is -0.880. The van der Waals surface area contributed by atoms with E-state index in [0.29, 0.717) is 5.56 Å². The number of aromatic nitrogens is 2. The number of nitriles is 1. The number of benzene rings is 2. The number of fused-ring (bicyclic) bond motifs is 1. The summed E-state index contributed by atoms with van der Waals surface area (Å²) in [4.78, 5) is 12.3. The summed E-state index contributed by atoms with van der Waals surface area (Å²) in [6.07, 6.45) is 0. The third-order valence-electron chi connectivity index (χ3n) is 3.57. The van der Waals surface area contributed by atoms with Crippen LogP contribution in [0.3, 0.4) is 0 Å². The number of rotatable bonds is 4. The number of carboxylic acids is 1. The highest BCUT2D eigenvalue weighted by Crippen LogP contribution is 2.42. The molecule has 2 aromatic carbocycles. The topological polar surface area (TPSA) is 86.9 Å². The zero-order chi connectivity index (χ0) is 17.3. The van der Waals surface area contributed by atoms with Crippen molar-refractivity contribution in [2.75, 3.05) is 0 Å². The van der Waals surface area contributed by atoms with Gasteiger partial charge in [-0.3, -0.25) is 4.79 Å². The van der Waals surface area contributed by atoms with Crippen LogP contribution in [0.25, 0.3) is 22.2 Å². The fourth-order valence-corrected chi connectivity index (χ4v) is 3.86. The lowest BCUT2D eigenvalue weighted by atomic mass is 10.0. The van der Waals surface area contributed by atoms with E-state index in [4.69, 9.17) is 5.26 Å². The molecule has 3 rings (SSSR count). The first kappa shape index (κ1) is 16.4. The first-order chi connectivity index (χ1) is 11.4. The van der Waals surface area contributed by atoms with Gasteiger partial charge in [0.05, 0.1) is 23.4 Å². The van der Waals surface area contributed by atoms with E-state index >= 15 is 0 Å². The maximum Gasteiger partial charge on any atom is 0.319 e. The molecule has 0 aliphatic heterocycles. The van der Waals surface area contributed by atoms with Crippen LogP contribution in [0, 0.1) is 11.3 Å².